The number of hydrogen-bond donors (Lipinski definition) is 1. The normalized spacial score (nSPS) is 14.9. The first-order valence-electron chi connectivity index (χ1n) is 4.52. The molecule has 0 spiro atoms. The van der Waals surface area contributed by atoms with Gasteiger partial charge in [-0.15, -0.1) is 0 Å². The maximum atomic E-state index is 13.3. The van der Waals surface area contributed by atoms with Gasteiger partial charge in [0.25, 0.3) is 0 Å². The molecule has 0 saturated heterocycles. The molecule has 2 rings (SSSR count). The highest BCUT2D eigenvalue weighted by Gasteiger charge is 2.23. The summed E-state index contributed by atoms with van der Waals surface area (Å²) in [6.07, 6.45) is -0.722. The van der Waals surface area contributed by atoms with E-state index < -0.39 is 17.7 Å². The summed E-state index contributed by atoms with van der Waals surface area (Å²) in [5.41, 5.74) is 0.843. The molecule has 0 bridgehead atoms. The van der Waals surface area contributed by atoms with E-state index in [1.165, 1.54) is 6.07 Å². The number of benzene rings is 1. The largest absolute Gasteiger partial charge is 0.465 e. The van der Waals surface area contributed by atoms with E-state index in [2.05, 4.69) is 0 Å². The summed E-state index contributed by atoms with van der Waals surface area (Å²) in [6, 6.07) is 2.04. The van der Waals surface area contributed by atoms with Gasteiger partial charge in [0.05, 0.1) is 6.54 Å². The maximum absolute atomic E-state index is 13.3. The Kier molecular flexibility index (Phi) is 2.30. The van der Waals surface area contributed by atoms with Gasteiger partial charge in [-0.25, -0.2) is 13.6 Å². The van der Waals surface area contributed by atoms with Crippen LogP contribution in [0, 0.1) is 11.6 Å². The van der Waals surface area contributed by atoms with Gasteiger partial charge < -0.3 is 10.0 Å². The van der Waals surface area contributed by atoms with Crippen LogP contribution in [0.4, 0.5) is 13.6 Å². The van der Waals surface area contributed by atoms with Crippen LogP contribution < -0.4 is 0 Å². The van der Waals surface area contributed by atoms with Crippen molar-refractivity contribution in [1.82, 2.24) is 4.90 Å². The third-order valence-corrected chi connectivity index (χ3v) is 2.52. The molecule has 0 aliphatic carbocycles. The molecule has 0 saturated carbocycles. The van der Waals surface area contributed by atoms with Crippen molar-refractivity contribution in [3.8, 4) is 0 Å². The highest BCUT2D eigenvalue weighted by molar-refractivity contribution is 5.65. The van der Waals surface area contributed by atoms with Crippen molar-refractivity contribution in [3.63, 3.8) is 0 Å². The van der Waals surface area contributed by atoms with E-state index in [9.17, 15) is 13.6 Å². The Labute approximate surface area is 84.9 Å². The smallest absolute Gasteiger partial charge is 0.407 e. The molecule has 0 fully saturated rings. The second-order valence-electron chi connectivity index (χ2n) is 3.48. The van der Waals surface area contributed by atoms with Gasteiger partial charge >= 0.3 is 6.09 Å². The summed E-state index contributed by atoms with van der Waals surface area (Å²) >= 11 is 0. The summed E-state index contributed by atoms with van der Waals surface area (Å²) in [7, 11) is 0. The molecule has 1 aliphatic rings. The van der Waals surface area contributed by atoms with Crippen molar-refractivity contribution in [2.75, 3.05) is 6.54 Å². The van der Waals surface area contributed by atoms with Crippen molar-refractivity contribution in [2.45, 2.75) is 13.0 Å². The van der Waals surface area contributed by atoms with Crippen molar-refractivity contribution < 1.29 is 18.7 Å². The minimum Gasteiger partial charge on any atom is -0.465 e. The van der Waals surface area contributed by atoms with Crippen LogP contribution in [0.2, 0.25) is 0 Å². The van der Waals surface area contributed by atoms with Crippen LogP contribution in [-0.4, -0.2) is 22.6 Å². The lowest BCUT2D eigenvalue weighted by Gasteiger charge is -2.26. The third-order valence-electron chi connectivity index (χ3n) is 2.52. The Bertz CT molecular complexity index is 420. The molecule has 0 unspecified atom stereocenters. The number of carbonyl (C=O) groups is 1. The maximum Gasteiger partial charge on any atom is 0.407 e. The number of carboxylic acid groups (broad SMARTS) is 1. The average molecular weight is 213 g/mol. The van der Waals surface area contributed by atoms with E-state index in [0.29, 0.717) is 12.0 Å². The van der Waals surface area contributed by atoms with Crippen molar-refractivity contribution in [2.24, 2.45) is 0 Å². The molecule has 5 heteroatoms. The summed E-state index contributed by atoms with van der Waals surface area (Å²) in [4.78, 5) is 11.8. The van der Waals surface area contributed by atoms with Crippen LogP contribution in [0.1, 0.15) is 11.1 Å². The Hall–Kier alpha value is -1.65. The van der Waals surface area contributed by atoms with E-state index >= 15 is 0 Å². The molecule has 0 aromatic heterocycles. The zero-order valence-corrected chi connectivity index (χ0v) is 7.83. The van der Waals surface area contributed by atoms with Crippen LogP contribution >= 0.6 is 0 Å². The molecule has 1 aromatic rings. The van der Waals surface area contributed by atoms with Crippen LogP contribution in [0.5, 0.6) is 0 Å². The molecule has 0 radical (unpaired) electrons. The van der Waals surface area contributed by atoms with Crippen LogP contribution in [-0.2, 0) is 13.0 Å². The van der Waals surface area contributed by atoms with E-state index in [4.69, 9.17) is 5.11 Å². The minimum atomic E-state index is -1.08. The monoisotopic (exact) mass is 213 g/mol. The molecule has 1 aliphatic heterocycles. The predicted octanol–water partition coefficient (Wildman–Crippen LogP) is 2.00. The van der Waals surface area contributed by atoms with Crippen molar-refractivity contribution in [1.29, 1.82) is 0 Å². The minimum absolute atomic E-state index is 0.00319. The Morgan fingerprint density at radius 3 is 2.80 bits per heavy atom. The highest BCUT2D eigenvalue weighted by atomic mass is 19.1. The zero-order valence-electron chi connectivity index (χ0n) is 7.83. The van der Waals surface area contributed by atoms with Gasteiger partial charge in [-0.1, -0.05) is 0 Å². The first-order valence-corrected chi connectivity index (χ1v) is 4.52. The quantitative estimate of drug-likeness (QED) is 0.716. The number of hydrogen-bond acceptors (Lipinski definition) is 1. The summed E-state index contributed by atoms with van der Waals surface area (Å²) in [6.45, 7) is 0.280. The molecule has 15 heavy (non-hydrogen) atoms. The second-order valence-corrected chi connectivity index (χ2v) is 3.48. The van der Waals surface area contributed by atoms with E-state index in [1.807, 2.05) is 0 Å². The van der Waals surface area contributed by atoms with Gasteiger partial charge in [-0.2, -0.15) is 0 Å². The predicted molar refractivity (Wildman–Crippen MR) is 48.5 cm³/mol. The molecular formula is C10H9F2NO2. The summed E-state index contributed by atoms with van der Waals surface area (Å²) in [5.74, 6) is -1.29. The fraction of sp³-hybridized carbons (Fsp3) is 0.300. The standard InChI is InChI=1S/C10H9F2NO2/c11-7-3-6-1-2-13(10(14)15)5-8(6)9(12)4-7/h3-4H,1-2,5H2,(H,14,15). The first-order chi connectivity index (χ1) is 7.08. The average Bonchev–Trinajstić information content (AvgIpc) is 2.16. The summed E-state index contributed by atoms with van der Waals surface area (Å²) in [5, 5.41) is 8.74. The van der Waals surface area contributed by atoms with E-state index in [0.717, 1.165) is 11.0 Å². The van der Waals surface area contributed by atoms with Gasteiger partial charge in [-0.05, 0) is 18.1 Å². The molecule has 3 nitrogen and oxygen atoms in total. The third kappa shape index (κ3) is 1.77. The molecular weight excluding hydrogens is 204 g/mol. The number of nitrogens with zero attached hydrogens (tertiary/aromatic N) is 1. The Balaban J connectivity index is 2.37. The lowest BCUT2D eigenvalue weighted by molar-refractivity contribution is 0.139. The lowest BCUT2D eigenvalue weighted by Crippen LogP contribution is -2.35. The number of amides is 1. The van der Waals surface area contributed by atoms with Crippen LogP contribution in [0.3, 0.4) is 0 Å². The van der Waals surface area contributed by atoms with Crippen molar-refractivity contribution >= 4 is 6.09 Å². The zero-order chi connectivity index (χ0) is 11.0. The summed E-state index contributed by atoms with van der Waals surface area (Å²) < 4.78 is 26.2. The Morgan fingerprint density at radius 2 is 2.13 bits per heavy atom. The fourth-order valence-electron chi connectivity index (χ4n) is 1.75. The molecule has 1 heterocycles. The van der Waals surface area contributed by atoms with Crippen LogP contribution in [0.15, 0.2) is 12.1 Å². The SMILES string of the molecule is O=C(O)N1CCc2cc(F)cc(F)c2C1. The number of rotatable bonds is 0. The topological polar surface area (TPSA) is 40.5 Å². The number of fused-ring (bicyclic) bond motifs is 1. The van der Waals surface area contributed by atoms with Crippen LogP contribution in [0.25, 0.3) is 0 Å². The molecule has 1 aromatic carbocycles. The van der Waals surface area contributed by atoms with E-state index in [-0.39, 0.29) is 18.7 Å². The van der Waals surface area contributed by atoms with Gasteiger partial charge in [0.2, 0.25) is 0 Å². The molecule has 1 amide bonds. The highest BCUT2D eigenvalue weighted by Crippen LogP contribution is 2.23. The van der Waals surface area contributed by atoms with Gasteiger partial charge in [-0.3, -0.25) is 0 Å². The Morgan fingerprint density at radius 1 is 1.40 bits per heavy atom. The fourth-order valence-corrected chi connectivity index (χ4v) is 1.75. The first kappa shape index (κ1) is 9.89. The second kappa shape index (κ2) is 3.49. The van der Waals surface area contributed by atoms with Gasteiger partial charge in [0, 0.05) is 18.2 Å². The van der Waals surface area contributed by atoms with E-state index in [1.54, 1.807) is 0 Å². The van der Waals surface area contributed by atoms with Crippen molar-refractivity contribution in [3.05, 3.63) is 34.9 Å². The molecule has 0 atom stereocenters. The van der Waals surface area contributed by atoms with Gasteiger partial charge in [0.1, 0.15) is 11.6 Å². The number of halogens is 2. The molecule has 80 valence electrons. The molecule has 1 N–H and O–H groups in total. The van der Waals surface area contributed by atoms with Gasteiger partial charge in [0.15, 0.2) is 0 Å². The lowest BCUT2D eigenvalue weighted by atomic mass is 9.99.